The number of hydrogen-bond donors (Lipinski definition) is 2. The summed E-state index contributed by atoms with van der Waals surface area (Å²) in [5, 5.41) is 9.12. The van der Waals surface area contributed by atoms with E-state index in [0.29, 0.717) is 30.4 Å². The molecule has 1 fully saturated rings. The van der Waals surface area contributed by atoms with Gasteiger partial charge in [0.15, 0.2) is 0 Å². The lowest BCUT2D eigenvalue weighted by Gasteiger charge is -2.28. The first-order valence-corrected chi connectivity index (χ1v) is 10.7. The normalized spacial score (nSPS) is 20.4. The molecule has 3 rings (SSSR count). The molecular weight excluding hydrogens is 424 g/mol. The van der Waals surface area contributed by atoms with E-state index >= 15 is 0 Å². The van der Waals surface area contributed by atoms with Crippen molar-refractivity contribution in [3.8, 4) is 11.5 Å². The van der Waals surface area contributed by atoms with Gasteiger partial charge in [0.05, 0.1) is 24.0 Å². The molecule has 0 bridgehead atoms. The Labute approximate surface area is 170 Å². The summed E-state index contributed by atoms with van der Waals surface area (Å²) in [5.41, 5.74) is 0.747. The Morgan fingerprint density at radius 2 is 1.70 bits per heavy atom. The topological polar surface area (TPSA) is 88.1 Å². The Kier molecular flexibility index (Phi) is 6.82. The zero-order valence-corrected chi connectivity index (χ0v) is 16.7. The van der Waals surface area contributed by atoms with E-state index in [9.17, 15) is 22.5 Å². The summed E-state index contributed by atoms with van der Waals surface area (Å²) in [6.45, 7) is 0.324. The van der Waals surface area contributed by atoms with Gasteiger partial charge in [-0.1, -0.05) is 0 Å². The Balaban J connectivity index is 1.77. The van der Waals surface area contributed by atoms with Crippen LogP contribution in [0.5, 0.6) is 11.5 Å². The fraction of sp³-hybridized carbons (Fsp3) is 0.316. The number of carbonyl (C=O) groups is 1. The number of hydroxylamine groups is 1. The van der Waals surface area contributed by atoms with Crippen LogP contribution in [-0.2, 0) is 20.1 Å². The van der Waals surface area contributed by atoms with Crippen LogP contribution in [0, 0.1) is 0 Å². The molecule has 2 N–H and O–H groups in total. The van der Waals surface area contributed by atoms with Crippen molar-refractivity contribution in [3.63, 3.8) is 0 Å². The molecule has 0 radical (unpaired) electrons. The number of hydrogen-bond acceptors (Lipinski definition) is 5. The molecule has 1 unspecified atom stereocenters. The molecule has 0 saturated carbocycles. The van der Waals surface area contributed by atoms with Crippen LogP contribution in [0.25, 0.3) is 0 Å². The Morgan fingerprint density at radius 1 is 1.10 bits per heavy atom. The zero-order valence-electron chi connectivity index (χ0n) is 15.8. The molecule has 1 atom stereocenters. The van der Waals surface area contributed by atoms with E-state index in [4.69, 9.17) is 14.5 Å². The number of nitrogens with one attached hydrogen (secondary N) is 1. The maximum absolute atomic E-state index is 13.5. The van der Waals surface area contributed by atoms with Crippen LogP contribution in [0.1, 0.15) is 18.4 Å². The number of nitrogens with zero attached hydrogens (tertiary/aromatic N) is 1. The molecule has 11 heteroatoms. The number of alkyl halides is 3. The highest BCUT2D eigenvalue weighted by molar-refractivity contribution is 7.64. The van der Waals surface area contributed by atoms with Crippen molar-refractivity contribution in [2.45, 2.75) is 19.0 Å². The van der Waals surface area contributed by atoms with Crippen molar-refractivity contribution in [2.24, 2.45) is 0 Å². The van der Waals surface area contributed by atoms with E-state index in [1.807, 2.05) is 0 Å². The largest absolute Gasteiger partial charge is 0.457 e. The lowest BCUT2D eigenvalue weighted by molar-refractivity contribution is -0.137. The average Bonchev–Trinajstić information content (AvgIpc) is 2.90. The van der Waals surface area contributed by atoms with Crippen LogP contribution in [-0.4, -0.2) is 35.5 Å². The van der Waals surface area contributed by atoms with E-state index < -0.39 is 25.2 Å². The van der Waals surface area contributed by atoms with Gasteiger partial charge < -0.3 is 9.26 Å². The van der Waals surface area contributed by atoms with Crippen molar-refractivity contribution >= 4 is 18.7 Å². The van der Waals surface area contributed by atoms with E-state index in [0.717, 1.165) is 12.1 Å². The van der Waals surface area contributed by atoms with E-state index in [1.54, 1.807) is 0 Å². The van der Waals surface area contributed by atoms with Gasteiger partial charge in [0.2, 0.25) is 0 Å². The van der Waals surface area contributed by atoms with Crippen LogP contribution < -0.4 is 15.5 Å². The summed E-state index contributed by atoms with van der Waals surface area (Å²) < 4.78 is 64.0. The van der Waals surface area contributed by atoms with Gasteiger partial charge in [-0.15, -0.1) is 0 Å². The molecule has 0 aromatic heterocycles. The number of carbonyl (C=O) groups excluding carboxylic acids is 1. The molecule has 1 aliphatic heterocycles. The quantitative estimate of drug-likeness (QED) is 0.413. The number of benzene rings is 2. The number of rotatable bonds is 5. The van der Waals surface area contributed by atoms with Crippen molar-refractivity contribution in [3.05, 3.63) is 54.1 Å². The van der Waals surface area contributed by atoms with E-state index in [2.05, 4.69) is 0 Å². The van der Waals surface area contributed by atoms with Crippen LogP contribution in [0.4, 0.5) is 13.2 Å². The average molecular weight is 444 g/mol. The van der Waals surface area contributed by atoms with Crippen molar-refractivity contribution in [1.82, 2.24) is 10.2 Å². The third-order valence-electron chi connectivity index (χ3n) is 4.48. The minimum Gasteiger partial charge on any atom is -0.457 e. The highest BCUT2D eigenvalue weighted by atomic mass is 31.2. The van der Waals surface area contributed by atoms with E-state index in [-0.39, 0.29) is 18.9 Å². The lowest BCUT2D eigenvalue weighted by Crippen LogP contribution is -2.36. The van der Waals surface area contributed by atoms with Crippen LogP contribution >= 0.6 is 7.52 Å². The second-order valence-corrected chi connectivity index (χ2v) is 8.98. The first-order valence-electron chi connectivity index (χ1n) is 9.11. The maximum Gasteiger partial charge on any atom is 0.416 e. The summed E-state index contributed by atoms with van der Waals surface area (Å²) >= 11 is 0. The second kappa shape index (κ2) is 9.18. The van der Waals surface area contributed by atoms with Gasteiger partial charge in [-0.3, -0.25) is 14.6 Å². The molecule has 162 valence electrons. The molecule has 1 amide bonds. The molecule has 0 spiro atoms. The van der Waals surface area contributed by atoms with Crippen molar-refractivity contribution < 1.29 is 37.0 Å². The molecular formula is C19H20F3N2O5P. The third-order valence-corrected chi connectivity index (χ3v) is 7.05. The SMILES string of the molecule is O=C(CN1CCCCOP1(=O)c1ccc(Oc2ccc(C(F)(F)F)cc2)cc1)NO. The second-order valence-electron chi connectivity index (χ2n) is 6.60. The maximum atomic E-state index is 13.5. The Hall–Kier alpha value is -2.39. The molecule has 2 aromatic carbocycles. The van der Waals surface area contributed by atoms with Crippen LogP contribution in [0.15, 0.2) is 48.5 Å². The molecule has 1 saturated heterocycles. The van der Waals surface area contributed by atoms with Gasteiger partial charge in [0.1, 0.15) is 11.5 Å². The third kappa shape index (κ3) is 5.20. The molecule has 2 aromatic rings. The number of halogens is 3. The highest BCUT2D eigenvalue weighted by Gasteiger charge is 2.36. The van der Waals surface area contributed by atoms with Crippen LogP contribution in [0.3, 0.4) is 0 Å². The fourth-order valence-electron chi connectivity index (χ4n) is 2.96. The lowest BCUT2D eigenvalue weighted by atomic mass is 10.2. The van der Waals surface area contributed by atoms with Crippen LogP contribution in [0.2, 0.25) is 0 Å². The smallest absolute Gasteiger partial charge is 0.416 e. The van der Waals surface area contributed by atoms with E-state index in [1.165, 1.54) is 46.5 Å². The van der Waals surface area contributed by atoms with Gasteiger partial charge in [-0.2, -0.15) is 13.2 Å². The predicted molar refractivity (Wildman–Crippen MR) is 102 cm³/mol. The number of ether oxygens (including phenoxy) is 1. The standard InChI is InChI=1S/C19H20F3N2O5P/c20-19(21,22)14-3-5-15(6-4-14)29-16-7-9-17(10-8-16)30(27)24(13-18(25)23-26)11-1-2-12-28-30/h3-10,26H,1-2,11-13H2,(H,23,25). The van der Waals surface area contributed by atoms with Gasteiger partial charge in [-0.25, -0.2) is 10.2 Å². The minimum atomic E-state index is -4.43. The molecule has 0 aliphatic carbocycles. The highest BCUT2D eigenvalue weighted by Crippen LogP contribution is 2.51. The first-order chi connectivity index (χ1) is 14.2. The van der Waals surface area contributed by atoms with Gasteiger partial charge in [0.25, 0.3) is 5.91 Å². The van der Waals surface area contributed by atoms with Gasteiger partial charge >= 0.3 is 13.7 Å². The molecule has 1 heterocycles. The Morgan fingerprint density at radius 3 is 2.27 bits per heavy atom. The molecule has 7 nitrogen and oxygen atoms in total. The summed E-state index contributed by atoms with van der Waals surface area (Å²) in [5.74, 6) is -0.156. The summed E-state index contributed by atoms with van der Waals surface area (Å²) in [6, 6.07) is 10.3. The Bertz CT molecular complexity index is 919. The van der Waals surface area contributed by atoms with Crippen molar-refractivity contribution in [1.29, 1.82) is 0 Å². The monoisotopic (exact) mass is 444 g/mol. The fourth-order valence-corrected chi connectivity index (χ4v) is 5.22. The first kappa shape index (κ1) is 22.3. The van der Waals surface area contributed by atoms with Gasteiger partial charge in [-0.05, 0) is 61.4 Å². The summed E-state index contributed by atoms with van der Waals surface area (Å²) in [6.07, 6.45) is -3.07. The zero-order chi connectivity index (χ0) is 21.8. The molecule has 1 aliphatic rings. The number of amides is 1. The minimum absolute atomic E-state index is 0.217. The summed E-state index contributed by atoms with van der Waals surface area (Å²) in [4.78, 5) is 11.6. The van der Waals surface area contributed by atoms with Crippen molar-refractivity contribution in [2.75, 3.05) is 19.7 Å². The summed E-state index contributed by atoms with van der Waals surface area (Å²) in [7, 11) is -3.53. The predicted octanol–water partition coefficient (Wildman–Crippen LogP) is 3.93. The molecule has 30 heavy (non-hydrogen) atoms. The van der Waals surface area contributed by atoms with Gasteiger partial charge in [0, 0.05) is 6.54 Å².